The molecule has 1 fully saturated rings. The number of hydrogen-bond donors (Lipinski definition) is 2. The Morgan fingerprint density at radius 2 is 2.03 bits per heavy atom. The fraction of sp³-hybridized carbons (Fsp3) is 0.385. The van der Waals surface area contributed by atoms with E-state index in [4.69, 9.17) is 4.74 Å². The quantitative estimate of drug-likeness (QED) is 0.564. The first-order valence-electron chi connectivity index (χ1n) is 11.1. The summed E-state index contributed by atoms with van der Waals surface area (Å²) in [4.78, 5) is 27.8. The van der Waals surface area contributed by atoms with E-state index in [1.165, 1.54) is 5.56 Å². The van der Waals surface area contributed by atoms with Gasteiger partial charge >= 0.3 is 0 Å². The molecule has 0 saturated heterocycles. The number of aromatic nitrogens is 1. The van der Waals surface area contributed by atoms with E-state index in [9.17, 15) is 9.59 Å². The summed E-state index contributed by atoms with van der Waals surface area (Å²) in [5, 5.41) is 4.19. The van der Waals surface area contributed by atoms with E-state index < -0.39 is 0 Å². The number of carbonyl (C=O) groups excluding carboxylic acids is 2. The highest BCUT2D eigenvalue weighted by Crippen LogP contribution is 2.26. The molecule has 1 saturated carbocycles. The molecule has 0 radical (unpaired) electrons. The third-order valence-corrected chi connectivity index (χ3v) is 6.45. The predicted octanol–water partition coefficient (Wildman–Crippen LogP) is 4.55. The number of hydrogen-bond acceptors (Lipinski definition) is 3. The number of aromatic amines is 1. The lowest BCUT2D eigenvalue weighted by molar-refractivity contribution is -0.122. The van der Waals surface area contributed by atoms with Crippen molar-refractivity contribution in [1.82, 2.24) is 10.3 Å². The molecule has 0 bridgehead atoms. The molecule has 4 rings (SSSR count). The Morgan fingerprint density at radius 1 is 1.23 bits per heavy atom. The van der Waals surface area contributed by atoms with E-state index in [0.29, 0.717) is 12.3 Å². The zero-order chi connectivity index (χ0) is 21.8. The van der Waals surface area contributed by atoms with Crippen LogP contribution in [-0.2, 0) is 22.4 Å². The molecule has 31 heavy (non-hydrogen) atoms. The Bertz CT molecular complexity index is 1070. The van der Waals surface area contributed by atoms with Crippen molar-refractivity contribution >= 4 is 22.6 Å². The second-order valence-electron chi connectivity index (χ2n) is 8.49. The minimum Gasteiger partial charge on any atom is -0.497 e. The number of benzene rings is 2. The number of carbonyl (C=O) groups is 2. The van der Waals surface area contributed by atoms with Gasteiger partial charge in [-0.2, -0.15) is 0 Å². The maximum absolute atomic E-state index is 12.7. The van der Waals surface area contributed by atoms with E-state index in [2.05, 4.69) is 22.4 Å². The van der Waals surface area contributed by atoms with E-state index in [-0.39, 0.29) is 17.7 Å². The Hall–Kier alpha value is -3.08. The first-order chi connectivity index (χ1) is 15.0. The van der Waals surface area contributed by atoms with Crippen LogP contribution in [0.15, 0.2) is 48.7 Å². The number of amides is 1. The van der Waals surface area contributed by atoms with Crippen molar-refractivity contribution < 1.29 is 14.3 Å². The van der Waals surface area contributed by atoms with Crippen molar-refractivity contribution in [3.05, 3.63) is 65.4 Å². The van der Waals surface area contributed by atoms with E-state index >= 15 is 0 Å². The minimum absolute atomic E-state index is 0.0242. The summed E-state index contributed by atoms with van der Waals surface area (Å²) in [5.41, 5.74) is 4.39. The molecule has 1 aliphatic rings. The fourth-order valence-corrected chi connectivity index (χ4v) is 4.45. The van der Waals surface area contributed by atoms with Crippen molar-refractivity contribution in [1.29, 1.82) is 0 Å². The molecule has 5 nitrogen and oxygen atoms in total. The third-order valence-electron chi connectivity index (χ3n) is 6.45. The van der Waals surface area contributed by atoms with E-state index in [0.717, 1.165) is 59.9 Å². The van der Waals surface area contributed by atoms with Crippen LogP contribution in [0.3, 0.4) is 0 Å². The highest BCUT2D eigenvalue weighted by molar-refractivity contribution is 5.85. The molecular formula is C26H30N2O3. The standard InChI is InChI=1S/C26H30N2O3/c1-17(19-8-6-18(7-9-19)14-20-4-3-5-25(20)29)26(30)27-13-12-21-16-28-24-11-10-22(31-2)15-23(21)24/h6-11,15-17,20,28H,3-5,12-14H2,1-2H3,(H,27,30). The smallest absolute Gasteiger partial charge is 0.227 e. The highest BCUT2D eigenvalue weighted by atomic mass is 16.5. The number of ether oxygens (including phenoxy) is 1. The molecule has 2 atom stereocenters. The van der Waals surface area contributed by atoms with Crippen LogP contribution in [0.25, 0.3) is 10.9 Å². The van der Waals surface area contributed by atoms with Gasteiger partial charge in [0.25, 0.3) is 0 Å². The maximum Gasteiger partial charge on any atom is 0.227 e. The summed E-state index contributed by atoms with van der Waals surface area (Å²) in [6.45, 7) is 2.51. The molecular weight excluding hydrogens is 388 g/mol. The summed E-state index contributed by atoms with van der Waals surface area (Å²) >= 11 is 0. The molecule has 1 aromatic heterocycles. The largest absolute Gasteiger partial charge is 0.497 e. The van der Waals surface area contributed by atoms with Crippen molar-refractivity contribution in [3.63, 3.8) is 0 Å². The van der Waals surface area contributed by atoms with Gasteiger partial charge in [-0.25, -0.2) is 0 Å². The first-order valence-corrected chi connectivity index (χ1v) is 11.1. The number of rotatable bonds is 8. The van der Waals surface area contributed by atoms with Crippen LogP contribution in [0.2, 0.25) is 0 Å². The summed E-state index contributed by atoms with van der Waals surface area (Å²) in [7, 11) is 1.66. The average molecular weight is 419 g/mol. The van der Waals surface area contributed by atoms with Crippen molar-refractivity contribution in [2.24, 2.45) is 5.92 Å². The number of methoxy groups -OCH3 is 1. The molecule has 0 spiro atoms. The van der Waals surface area contributed by atoms with Crippen LogP contribution in [0.4, 0.5) is 0 Å². The second-order valence-corrected chi connectivity index (χ2v) is 8.49. The van der Waals surface area contributed by atoms with Crippen LogP contribution in [0.1, 0.15) is 48.8 Å². The normalized spacial score (nSPS) is 17.1. The molecule has 2 aromatic carbocycles. The number of H-pyrrole nitrogens is 1. The van der Waals surface area contributed by atoms with Crippen molar-refractivity contribution in [2.75, 3.05) is 13.7 Å². The fourth-order valence-electron chi connectivity index (χ4n) is 4.45. The molecule has 2 N–H and O–H groups in total. The van der Waals surface area contributed by atoms with Gasteiger partial charge in [0.2, 0.25) is 5.91 Å². The minimum atomic E-state index is -0.217. The first kappa shape index (κ1) is 21.2. The van der Waals surface area contributed by atoms with Gasteiger partial charge in [0.1, 0.15) is 11.5 Å². The van der Waals surface area contributed by atoms with Gasteiger partial charge in [-0.1, -0.05) is 24.3 Å². The molecule has 1 amide bonds. The van der Waals surface area contributed by atoms with Crippen LogP contribution in [0.5, 0.6) is 5.75 Å². The summed E-state index contributed by atoms with van der Waals surface area (Å²) in [5.74, 6) is 1.20. The molecule has 5 heteroatoms. The summed E-state index contributed by atoms with van der Waals surface area (Å²) < 4.78 is 5.32. The van der Waals surface area contributed by atoms with Crippen LogP contribution in [-0.4, -0.2) is 30.3 Å². The van der Waals surface area contributed by atoms with Crippen LogP contribution in [0, 0.1) is 5.92 Å². The molecule has 0 aliphatic heterocycles. The van der Waals surface area contributed by atoms with E-state index in [1.807, 2.05) is 43.5 Å². The number of Topliss-reactive ketones (excluding diaryl/α,β-unsaturated/α-hetero) is 1. The molecule has 1 aliphatic carbocycles. The van der Waals surface area contributed by atoms with Gasteiger partial charge in [0.05, 0.1) is 13.0 Å². The Balaban J connectivity index is 1.31. The molecule has 1 heterocycles. The summed E-state index contributed by atoms with van der Waals surface area (Å²) in [6, 6.07) is 14.1. The van der Waals surface area contributed by atoms with E-state index in [1.54, 1.807) is 7.11 Å². The lowest BCUT2D eigenvalue weighted by atomic mass is 9.94. The van der Waals surface area contributed by atoms with Crippen LogP contribution >= 0.6 is 0 Å². The number of nitrogens with one attached hydrogen (secondary N) is 2. The molecule has 3 aromatic rings. The Kier molecular flexibility index (Phi) is 6.40. The van der Waals surface area contributed by atoms with Gasteiger partial charge in [-0.3, -0.25) is 9.59 Å². The zero-order valence-corrected chi connectivity index (χ0v) is 18.2. The van der Waals surface area contributed by atoms with Gasteiger partial charge < -0.3 is 15.0 Å². The zero-order valence-electron chi connectivity index (χ0n) is 18.2. The van der Waals surface area contributed by atoms with Crippen molar-refractivity contribution in [3.8, 4) is 5.75 Å². The topological polar surface area (TPSA) is 71.2 Å². The highest BCUT2D eigenvalue weighted by Gasteiger charge is 2.24. The summed E-state index contributed by atoms with van der Waals surface area (Å²) in [6.07, 6.45) is 6.31. The van der Waals surface area contributed by atoms with Gasteiger partial charge in [0.15, 0.2) is 0 Å². The van der Waals surface area contributed by atoms with Crippen LogP contribution < -0.4 is 10.1 Å². The number of fused-ring (bicyclic) bond motifs is 1. The predicted molar refractivity (Wildman–Crippen MR) is 122 cm³/mol. The molecule has 162 valence electrons. The maximum atomic E-state index is 12.7. The number of ketones is 1. The third kappa shape index (κ3) is 4.82. The average Bonchev–Trinajstić information content (AvgIpc) is 3.39. The Morgan fingerprint density at radius 3 is 2.74 bits per heavy atom. The Labute approximate surface area is 183 Å². The van der Waals surface area contributed by atoms with Crippen molar-refractivity contribution in [2.45, 2.75) is 44.9 Å². The van der Waals surface area contributed by atoms with Gasteiger partial charge in [-0.05, 0) is 67.5 Å². The second kappa shape index (κ2) is 9.38. The molecule has 2 unspecified atom stereocenters. The SMILES string of the molecule is COc1ccc2[nH]cc(CCNC(=O)C(C)c3ccc(CC4CCCC4=O)cc3)c2c1. The lowest BCUT2D eigenvalue weighted by Gasteiger charge is -2.14. The monoisotopic (exact) mass is 418 g/mol. The lowest BCUT2D eigenvalue weighted by Crippen LogP contribution is -2.29. The van der Waals surface area contributed by atoms with Gasteiger partial charge in [0, 0.05) is 36.0 Å². The van der Waals surface area contributed by atoms with Gasteiger partial charge in [-0.15, -0.1) is 0 Å².